The summed E-state index contributed by atoms with van der Waals surface area (Å²) in [5.41, 5.74) is 0.483. The van der Waals surface area contributed by atoms with Crippen molar-refractivity contribution in [2.75, 3.05) is 45.9 Å². The van der Waals surface area contributed by atoms with E-state index in [2.05, 4.69) is 5.32 Å². The number of carbonyl (C=O) groups excluding carboxylic acids is 1. The standard InChI is InChI=1S/C13H19FN2O3/c1-16(13(17)9-15-6-7-18-2)10-4-5-12(19-3)11(14)8-10/h4-5,8,15H,6-7,9H2,1-3H3. The first-order valence-corrected chi connectivity index (χ1v) is 5.90. The Morgan fingerprint density at radius 3 is 2.74 bits per heavy atom. The zero-order chi connectivity index (χ0) is 14.3. The molecule has 0 unspecified atom stereocenters. The Hall–Kier alpha value is -1.66. The molecule has 19 heavy (non-hydrogen) atoms. The lowest BCUT2D eigenvalue weighted by Crippen LogP contribution is -2.36. The number of likely N-dealkylation sites (N-methyl/N-ethyl adjacent to an activating group) is 1. The van der Waals surface area contributed by atoms with Gasteiger partial charge in [-0.3, -0.25) is 4.79 Å². The highest BCUT2D eigenvalue weighted by atomic mass is 19.1. The fraction of sp³-hybridized carbons (Fsp3) is 0.462. The molecule has 1 rings (SSSR count). The molecule has 0 saturated carbocycles. The second-order valence-electron chi connectivity index (χ2n) is 3.94. The molecule has 1 aromatic carbocycles. The molecule has 0 spiro atoms. The fourth-order valence-corrected chi connectivity index (χ4v) is 1.50. The summed E-state index contributed by atoms with van der Waals surface area (Å²) in [6.45, 7) is 1.30. The minimum Gasteiger partial charge on any atom is -0.494 e. The summed E-state index contributed by atoms with van der Waals surface area (Å²) in [4.78, 5) is 13.2. The van der Waals surface area contributed by atoms with E-state index >= 15 is 0 Å². The molecular weight excluding hydrogens is 251 g/mol. The van der Waals surface area contributed by atoms with Crippen LogP contribution in [0.25, 0.3) is 0 Å². The molecule has 1 N–H and O–H groups in total. The smallest absolute Gasteiger partial charge is 0.240 e. The van der Waals surface area contributed by atoms with Crippen LogP contribution in [0.4, 0.5) is 10.1 Å². The van der Waals surface area contributed by atoms with Crippen molar-refractivity contribution in [3.05, 3.63) is 24.0 Å². The van der Waals surface area contributed by atoms with Crippen molar-refractivity contribution in [2.45, 2.75) is 0 Å². The quantitative estimate of drug-likeness (QED) is 0.752. The molecule has 0 saturated heterocycles. The van der Waals surface area contributed by atoms with E-state index in [-0.39, 0.29) is 18.2 Å². The maximum absolute atomic E-state index is 13.5. The van der Waals surface area contributed by atoms with Gasteiger partial charge in [0.05, 0.1) is 20.3 Å². The van der Waals surface area contributed by atoms with Gasteiger partial charge in [0.2, 0.25) is 5.91 Å². The van der Waals surface area contributed by atoms with Crippen LogP contribution in [0.3, 0.4) is 0 Å². The van der Waals surface area contributed by atoms with Crippen molar-refractivity contribution in [2.24, 2.45) is 0 Å². The average molecular weight is 270 g/mol. The van der Waals surface area contributed by atoms with Crippen LogP contribution < -0.4 is 15.0 Å². The van der Waals surface area contributed by atoms with E-state index in [1.54, 1.807) is 20.2 Å². The molecule has 1 amide bonds. The molecule has 106 valence electrons. The average Bonchev–Trinajstić information content (AvgIpc) is 2.42. The van der Waals surface area contributed by atoms with Crippen molar-refractivity contribution >= 4 is 11.6 Å². The van der Waals surface area contributed by atoms with Crippen molar-refractivity contribution < 1.29 is 18.7 Å². The summed E-state index contributed by atoms with van der Waals surface area (Å²) in [6.07, 6.45) is 0. The number of methoxy groups -OCH3 is 2. The van der Waals surface area contributed by atoms with Gasteiger partial charge in [-0.05, 0) is 12.1 Å². The highest BCUT2D eigenvalue weighted by Gasteiger charge is 2.12. The van der Waals surface area contributed by atoms with Gasteiger partial charge in [0, 0.05) is 32.5 Å². The lowest BCUT2D eigenvalue weighted by molar-refractivity contribution is -0.117. The number of carbonyl (C=O) groups is 1. The van der Waals surface area contributed by atoms with E-state index in [0.29, 0.717) is 18.8 Å². The predicted molar refractivity (Wildman–Crippen MR) is 71.1 cm³/mol. The molecule has 0 atom stereocenters. The molecule has 1 aromatic rings. The molecule has 0 bridgehead atoms. The molecule has 5 nitrogen and oxygen atoms in total. The third kappa shape index (κ3) is 4.50. The summed E-state index contributed by atoms with van der Waals surface area (Å²) in [5, 5.41) is 2.94. The van der Waals surface area contributed by atoms with Gasteiger partial charge in [0.25, 0.3) is 0 Å². The minimum atomic E-state index is -0.494. The number of amides is 1. The summed E-state index contributed by atoms with van der Waals surface area (Å²) < 4.78 is 23.2. The first kappa shape index (κ1) is 15.4. The monoisotopic (exact) mass is 270 g/mol. The van der Waals surface area contributed by atoms with Gasteiger partial charge in [-0.2, -0.15) is 0 Å². The number of rotatable bonds is 7. The van der Waals surface area contributed by atoms with E-state index in [1.165, 1.54) is 24.1 Å². The Bertz CT molecular complexity index is 426. The fourth-order valence-electron chi connectivity index (χ4n) is 1.50. The number of anilines is 1. The van der Waals surface area contributed by atoms with Gasteiger partial charge < -0.3 is 19.7 Å². The van der Waals surface area contributed by atoms with Gasteiger partial charge in [-0.25, -0.2) is 4.39 Å². The first-order chi connectivity index (χ1) is 9.10. The summed E-state index contributed by atoms with van der Waals surface area (Å²) >= 11 is 0. The van der Waals surface area contributed by atoms with Gasteiger partial charge in [-0.15, -0.1) is 0 Å². The zero-order valence-corrected chi connectivity index (χ0v) is 11.4. The van der Waals surface area contributed by atoms with Crippen LogP contribution in [0, 0.1) is 5.82 Å². The number of halogens is 1. The normalized spacial score (nSPS) is 10.3. The van der Waals surface area contributed by atoms with Crippen molar-refractivity contribution in [3.8, 4) is 5.75 Å². The lowest BCUT2D eigenvalue weighted by Gasteiger charge is -2.18. The third-order valence-corrected chi connectivity index (χ3v) is 2.66. The van der Waals surface area contributed by atoms with E-state index in [1.807, 2.05) is 0 Å². The van der Waals surface area contributed by atoms with Crippen molar-refractivity contribution in [3.63, 3.8) is 0 Å². The van der Waals surface area contributed by atoms with E-state index in [4.69, 9.17) is 9.47 Å². The zero-order valence-electron chi connectivity index (χ0n) is 11.4. The summed E-state index contributed by atoms with van der Waals surface area (Å²) in [7, 11) is 4.59. The number of benzene rings is 1. The maximum atomic E-state index is 13.5. The minimum absolute atomic E-state index is 0.152. The number of nitrogens with one attached hydrogen (secondary N) is 1. The Balaban J connectivity index is 2.58. The van der Waals surface area contributed by atoms with Crippen LogP contribution in [0.15, 0.2) is 18.2 Å². The highest BCUT2D eigenvalue weighted by molar-refractivity contribution is 5.94. The predicted octanol–water partition coefficient (Wildman–Crippen LogP) is 1.03. The topological polar surface area (TPSA) is 50.8 Å². The van der Waals surface area contributed by atoms with E-state index in [0.717, 1.165) is 0 Å². The lowest BCUT2D eigenvalue weighted by atomic mass is 10.2. The van der Waals surface area contributed by atoms with Crippen LogP contribution in [-0.2, 0) is 9.53 Å². The Morgan fingerprint density at radius 1 is 1.42 bits per heavy atom. The molecular formula is C13H19FN2O3. The second-order valence-corrected chi connectivity index (χ2v) is 3.94. The number of hydrogen-bond acceptors (Lipinski definition) is 4. The Kier molecular flexibility index (Phi) is 6.24. The van der Waals surface area contributed by atoms with Crippen molar-refractivity contribution in [1.29, 1.82) is 0 Å². The summed E-state index contributed by atoms with van der Waals surface area (Å²) in [6, 6.07) is 4.40. The van der Waals surface area contributed by atoms with Gasteiger partial charge in [-0.1, -0.05) is 0 Å². The van der Waals surface area contributed by atoms with Crippen LogP contribution >= 0.6 is 0 Å². The van der Waals surface area contributed by atoms with Crippen LogP contribution in [0.2, 0.25) is 0 Å². The Morgan fingerprint density at radius 2 is 2.16 bits per heavy atom. The number of ether oxygens (including phenoxy) is 2. The molecule has 0 aliphatic carbocycles. The molecule has 0 aromatic heterocycles. The Labute approximate surface area is 112 Å². The SMILES string of the molecule is COCCNCC(=O)N(C)c1ccc(OC)c(F)c1. The van der Waals surface area contributed by atoms with Crippen LogP contribution in [-0.4, -0.2) is 46.9 Å². The van der Waals surface area contributed by atoms with Gasteiger partial charge in [0.15, 0.2) is 11.6 Å². The van der Waals surface area contributed by atoms with E-state index < -0.39 is 5.82 Å². The summed E-state index contributed by atoms with van der Waals surface area (Å²) in [5.74, 6) is -0.490. The third-order valence-electron chi connectivity index (χ3n) is 2.66. The molecule has 0 radical (unpaired) electrons. The van der Waals surface area contributed by atoms with Crippen LogP contribution in [0.1, 0.15) is 0 Å². The number of nitrogens with zero attached hydrogens (tertiary/aromatic N) is 1. The molecule has 0 fully saturated rings. The van der Waals surface area contributed by atoms with Crippen molar-refractivity contribution in [1.82, 2.24) is 5.32 Å². The maximum Gasteiger partial charge on any atom is 0.240 e. The molecule has 6 heteroatoms. The van der Waals surface area contributed by atoms with Gasteiger partial charge >= 0.3 is 0 Å². The van der Waals surface area contributed by atoms with Crippen LogP contribution in [0.5, 0.6) is 5.75 Å². The highest BCUT2D eigenvalue weighted by Crippen LogP contribution is 2.22. The number of hydrogen-bond donors (Lipinski definition) is 1. The van der Waals surface area contributed by atoms with Gasteiger partial charge in [0.1, 0.15) is 0 Å². The van der Waals surface area contributed by atoms with E-state index in [9.17, 15) is 9.18 Å². The first-order valence-electron chi connectivity index (χ1n) is 5.90. The molecule has 0 aliphatic heterocycles. The second kappa shape index (κ2) is 7.70. The largest absolute Gasteiger partial charge is 0.494 e. The molecule has 0 aliphatic rings. The molecule has 0 heterocycles.